The maximum atomic E-state index is 11.5. The second-order valence-electron chi connectivity index (χ2n) is 6.62. The molecule has 0 aromatic carbocycles. The van der Waals surface area contributed by atoms with Crippen LogP contribution in [0.1, 0.15) is 71.1 Å². The highest BCUT2D eigenvalue weighted by atomic mass is 32.2. The molecule has 0 radical (unpaired) electrons. The second-order valence-corrected chi connectivity index (χ2v) is 8.19. The molecule has 0 aromatic heterocycles. The van der Waals surface area contributed by atoms with Crippen LogP contribution in [0.15, 0.2) is 48.6 Å². The van der Waals surface area contributed by atoms with E-state index in [0.29, 0.717) is 12.8 Å². The molecule has 6 heteroatoms. The number of rotatable bonds is 17. The third-order valence-electron chi connectivity index (χ3n) is 3.91. The lowest BCUT2D eigenvalue weighted by Gasteiger charge is -2.02. The zero-order valence-corrected chi connectivity index (χ0v) is 18.0. The molecule has 0 saturated carbocycles. The number of hydrogen-bond acceptors (Lipinski definition) is 3. The van der Waals surface area contributed by atoms with Gasteiger partial charge in [0.2, 0.25) is 5.91 Å². The first-order chi connectivity index (χ1) is 13.5. The monoisotopic (exact) mass is 411 g/mol. The third-order valence-corrected chi connectivity index (χ3v) is 4.63. The van der Waals surface area contributed by atoms with Crippen molar-refractivity contribution in [2.24, 2.45) is 0 Å². The van der Waals surface area contributed by atoms with E-state index >= 15 is 0 Å². The first-order valence-corrected chi connectivity index (χ1v) is 11.9. The van der Waals surface area contributed by atoms with Gasteiger partial charge in [0.15, 0.2) is 0 Å². The first kappa shape index (κ1) is 26.3. The largest absolute Gasteiger partial charge is 0.355 e. The molecule has 0 aliphatic rings. The Hall–Kier alpha value is -1.66. The van der Waals surface area contributed by atoms with E-state index in [1.54, 1.807) is 0 Å². The van der Waals surface area contributed by atoms with Gasteiger partial charge >= 0.3 is 0 Å². The summed E-state index contributed by atoms with van der Waals surface area (Å²) in [5, 5.41) is 2.47. The highest BCUT2D eigenvalue weighted by Crippen LogP contribution is 2.01. The molecule has 5 nitrogen and oxygen atoms in total. The maximum Gasteiger partial charge on any atom is 0.266 e. The van der Waals surface area contributed by atoms with Gasteiger partial charge in [-0.05, 0) is 44.9 Å². The van der Waals surface area contributed by atoms with Gasteiger partial charge < -0.3 is 5.32 Å². The van der Waals surface area contributed by atoms with E-state index in [1.165, 1.54) is 25.7 Å². The van der Waals surface area contributed by atoms with E-state index in [-0.39, 0.29) is 12.5 Å². The fraction of sp³-hybridized carbons (Fsp3) is 0.591. The number of allylic oxidation sites excluding steroid dienone is 8. The predicted molar refractivity (Wildman–Crippen MR) is 118 cm³/mol. The Bertz CT molecular complexity index is 604. The van der Waals surface area contributed by atoms with Gasteiger partial charge in [0.1, 0.15) is 0 Å². The molecular weight excluding hydrogens is 374 g/mol. The summed E-state index contributed by atoms with van der Waals surface area (Å²) < 4.78 is 29.6. The normalized spacial score (nSPS) is 12.8. The van der Waals surface area contributed by atoms with Crippen LogP contribution in [0.2, 0.25) is 0 Å². The van der Waals surface area contributed by atoms with Gasteiger partial charge in [0, 0.05) is 13.0 Å². The average Bonchev–Trinajstić information content (AvgIpc) is 2.63. The summed E-state index contributed by atoms with van der Waals surface area (Å²) in [6, 6.07) is 0. The number of carbonyl (C=O) groups is 1. The molecule has 1 amide bonds. The van der Waals surface area contributed by atoms with Gasteiger partial charge in [-0.1, -0.05) is 68.4 Å². The van der Waals surface area contributed by atoms with Crippen molar-refractivity contribution in [2.75, 3.05) is 12.3 Å². The molecule has 0 saturated heterocycles. The number of unbranched alkanes of at least 4 members (excludes halogenated alkanes) is 4. The fourth-order valence-electron chi connectivity index (χ4n) is 2.35. The number of nitrogens with one attached hydrogen (secondary N) is 1. The highest BCUT2D eigenvalue weighted by molar-refractivity contribution is 7.85. The van der Waals surface area contributed by atoms with Crippen molar-refractivity contribution >= 4 is 16.0 Å². The second kappa shape index (κ2) is 18.7. The summed E-state index contributed by atoms with van der Waals surface area (Å²) in [7, 11) is -4.01. The van der Waals surface area contributed by atoms with Crippen molar-refractivity contribution in [1.29, 1.82) is 0 Å². The summed E-state index contributed by atoms with van der Waals surface area (Å²) in [5.74, 6) is -0.643. The highest BCUT2D eigenvalue weighted by Gasteiger charge is 2.05. The van der Waals surface area contributed by atoms with Gasteiger partial charge in [-0.3, -0.25) is 9.35 Å². The van der Waals surface area contributed by atoms with Crippen LogP contribution in [0, 0.1) is 0 Å². The van der Waals surface area contributed by atoms with Crippen LogP contribution in [0.3, 0.4) is 0 Å². The SMILES string of the molecule is CCCCCC=CCC=CCC=CCC=CCCCC(=O)NCCS(=O)(=O)O. The molecule has 0 bridgehead atoms. The predicted octanol–water partition coefficient (Wildman–Crippen LogP) is 5.14. The smallest absolute Gasteiger partial charge is 0.266 e. The van der Waals surface area contributed by atoms with Crippen molar-refractivity contribution < 1.29 is 17.8 Å². The summed E-state index contributed by atoms with van der Waals surface area (Å²) in [5.41, 5.74) is 0. The van der Waals surface area contributed by atoms with E-state index in [1.807, 2.05) is 0 Å². The molecule has 0 unspecified atom stereocenters. The fourth-order valence-corrected chi connectivity index (χ4v) is 2.71. The number of carbonyl (C=O) groups excluding carboxylic acids is 1. The van der Waals surface area contributed by atoms with Gasteiger partial charge in [-0.15, -0.1) is 0 Å². The maximum absolute atomic E-state index is 11.5. The molecular formula is C22H37NO4S. The minimum atomic E-state index is -4.01. The summed E-state index contributed by atoms with van der Waals surface area (Å²) in [6.07, 6.45) is 27.0. The Morgan fingerprint density at radius 2 is 1.32 bits per heavy atom. The minimum Gasteiger partial charge on any atom is -0.355 e. The van der Waals surface area contributed by atoms with Crippen molar-refractivity contribution in [3.05, 3.63) is 48.6 Å². The van der Waals surface area contributed by atoms with Crippen LogP contribution in [-0.4, -0.2) is 31.2 Å². The Labute approximate surface area is 171 Å². The van der Waals surface area contributed by atoms with Gasteiger partial charge in [-0.2, -0.15) is 8.42 Å². The lowest BCUT2D eigenvalue weighted by atomic mass is 10.2. The molecule has 0 aromatic rings. The molecule has 0 fully saturated rings. The molecule has 2 N–H and O–H groups in total. The Kier molecular flexibility index (Phi) is 17.6. The summed E-state index contributed by atoms with van der Waals surface area (Å²) >= 11 is 0. The first-order valence-electron chi connectivity index (χ1n) is 10.3. The third kappa shape index (κ3) is 22.4. The van der Waals surface area contributed by atoms with Gasteiger partial charge in [0.25, 0.3) is 10.1 Å². The lowest BCUT2D eigenvalue weighted by Crippen LogP contribution is -2.28. The lowest BCUT2D eigenvalue weighted by molar-refractivity contribution is -0.121. The molecule has 0 aliphatic carbocycles. The van der Waals surface area contributed by atoms with Crippen molar-refractivity contribution in [3.63, 3.8) is 0 Å². The van der Waals surface area contributed by atoms with E-state index in [0.717, 1.165) is 25.7 Å². The van der Waals surface area contributed by atoms with E-state index in [9.17, 15) is 13.2 Å². The zero-order chi connectivity index (χ0) is 20.9. The summed E-state index contributed by atoms with van der Waals surface area (Å²) in [4.78, 5) is 11.5. The summed E-state index contributed by atoms with van der Waals surface area (Å²) in [6.45, 7) is 2.17. The number of amides is 1. The molecule has 160 valence electrons. The van der Waals surface area contributed by atoms with E-state index < -0.39 is 15.9 Å². The Balaban J connectivity index is 3.53. The van der Waals surface area contributed by atoms with E-state index in [2.05, 4.69) is 60.8 Å². The molecule has 0 spiro atoms. The van der Waals surface area contributed by atoms with Crippen LogP contribution in [0.5, 0.6) is 0 Å². The molecule has 0 heterocycles. The Morgan fingerprint density at radius 1 is 0.821 bits per heavy atom. The molecule has 0 aliphatic heterocycles. The zero-order valence-electron chi connectivity index (χ0n) is 17.2. The molecule has 0 rings (SSSR count). The van der Waals surface area contributed by atoms with Crippen molar-refractivity contribution in [3.8, 4) is 0 Å². The standard InChI is InChI=1S/C22H37NO4S/c1-2-3-4-5-6-7-8-9-10-11-12-13-14-15-16-17-18-19-22(24)23-20-21-28(25,26)27/h6-7,9-10,12-13,15-16H,2-5,8,11,14,17-21H2,1H3,(H,23,24)(H,25,26,27). The van der Waals surface area contributed by atoms with Crippen LogP contribution >= 0.6 is 0 Å². The van der Waals surface area contributed by atoms with Crippen LogP contribution in [-0.2, 0) is 14.9 Å². The quantitative estimate of drug-likeness (QED) is 0.197. The Morgan fingerprint density at radius 3 is 1.82 bits per heavy atom. The van der Waals surface area contributed by atoms with Crippen molar-refractivity contribution in [2.45, 2.75) is 71.1 Å². The molecule has 28 heavy (non-hydrogen) atoms. The minimum absolute atomic E-state index is 0.0536. The van der Waals surface area contributed by atoms with Crippen LogP contribution in [0.25, 0.3) is 0 Å². The van der Waals surface area contributed by atoms with E-state index in [4.69, 9.17) is 4.55 Å². The van der Waals surface area contributed by atoms with Gasteiger partial charge in [-0.25, -0.2) is 0 Å². The molecule has 0 atom stereocenters. The average molecular weight is 412 g/mol. The number of hydrogen-bond donors (Lipinski definition) is 2. The van der Waals surface area contributed by atoms with Crippen LogP contribution < -0.4 is 5.32 Å². The van der Waals surface area contributed by atoms with Crippen molar-refractivity contribution in [1.82, 2.24) is 5.32 Å². The van der Waals surface area contributed by atoms with Crippen LogP contribution in [0.4, 0.5) is 0 Å². The topological polar surface area (TPSA) is 83.5 Å². The van der Waals surface area contributed by atoms with Gasteiger partial charge in [0.05, 0.1) is 5.75 Å².